The zero-order valence-electron chi connectivity index (χ0n) is 17.8. The highest BCUT2D eigenvalue weighted by atomic mass is 79.9. The standard InChI is InChI=1S/C20H30BrN5O2/c1-8-14(9-2)23-18-17(21)24-16(20(25-18)28-7)15-10-13(11-27-6)19(26(4)5)22-12(15)3/h10,14H,8-9,11H2,1-7H3,(H,23,25). The van der Waals surface area contributed by atoms with E-state index in [1.807, 2.05) is 32.0 Å². The van der Waals surface area contributed by atoms with Gasteiger partial charge in [0.25, 0.3) is 0 Å². The van der Waals surface area contributed by atoms with Crippen LogP contribution in [0.2, 0.25) is 0 Å². The van der Waals surface area contributed by atoms with E-state index < -0.39 is 0 Å². The number of nitrogens with one attached hydrogen (secondary N) is 1. The molecule has 0 fully saturated rings. The summed E-state index contributed by atoms with van der Waals surface area (Å²) in [6.07, 6.45) is 2.01. The molecule has 2 aromatic rings. The summed E-state index contributed by atoms with van der Waals surface area (Å²) in [4.78, 5) is 16.2. The molecule has 0 amide bonds. The maximum absolute atomic E-state index is 5.57. The first-order valence-electron chi connectivity index (χ1n) is 9.41. The Balaban J connectivity index is 2.58. The minimum absolute atomic E-state index is 0.331. The number of methoxy groups -OCH3 is 2. The Morgan fingerprint density at radius 3 is 2.36 bits per heavy atom. The zero-order valence-corrected chi connectivity index (χ0v) is 19.3. The number of nitrogens with zero attached hydrogens (tertiary/aromatic N) is 4. The third-order valence-corrected chi connectivity index (χ3v) is 5.14. The van der Waals surface area contributed by atoms with Crippen molar-refractivity contribution in [2.45, 2.75) is 46.3 Å². The van der Waals surface area contributed by atoms with Crippen molar-refractivity contribution in [2.24, 2.45) is 0 Å². The molecule has 2 heterocycles. The van der Waals surface area contributed by atoms with E-state index in [-0.39, 0.29) is 0 Å². The first-order valence-corrected chi connectivity index (χ1v) is 10.2. The summed E-state index contributed by atoms with van der Waals surface area (Å²) in [6, 6.07) is 2.38. The molecule has 0 saturated carbocycles. The van der Waals surface area contributed by atoms with Gasteiger partial charge in [0, 0.05) is 44.1 Å². The van der Waals surface area contributed by atoms with Crippen LogP contribution in [0.25, 0.3) is 11.3 Å². The normalized spacial score (nSPS) is 11.0. The van der Waals surface area contributed by atoms with Gasteiger partial charge in [0.1, 0.15) is 16.1 Å². The van der Waals surface area contributed by atoms with E-state index in [0.29, 0.717) is 34.6 Å². The highest BCUT2D eigenvalue weighted by molar-refractivity contribution is 9.10. The monoisotopic (exact) mass is 451 g/mol. The Hall–Kier alpha value is -1.93. The Kier molecular flexibility index (Phi) is 8.00. The predicted octanol–water partition coefficient (Wildman–Crippen LogP) is 4.43. The van der Waals surface area contributed by atoms with Gasteiger partial charge in [0.05, 0.1) is 13.7 Å². The number of anilines is 2. The van der Waals surface area contributed by atoms with Crippen LogP contribution >= 0.6 is 15.9 Å². The SMILES string of the molecule is CCC(CC)Nc1nc(OC)c(-c2cc(COC)c(N(C)C)nc2C)nc1Br. The van der Waals surface area contributed by atoms with Crippen molar-refractivity contribution in [1.82, 2.24) is 15.0 Å². The minimum atomic E-state index is 0.331. The molecule has 8 heteroatoms. The number of rotatable bonds is 9. The van der Waals surface area contributed by atoms with Crippen molar-refractivity contribution >= 4 is 27.6 Å². The fourth-order valence-electron chi connectivity index (χ4n) is 3.02. The largest absolute Gasteiger partial charge is 0.479 e. The van der Waals surface area contributed by atoms with Gasteiger partial charge in [-0.25, -0.2) is 9.97 Å². The number of pyridine rings is 1. The molecule has 2 aromatic heterocycles. The smallest absolute Gasteiger partial charge is 0.242 e. The summed E-state index contributed by atoms with van der Waals surface area (Å²) < 4.78 is 11.6. The molecule has 0 atom stereocenters. The molecule has 2 rings (SSSR count). The van der Waals surface area contributed by atoms with E-state index in [1.54, 1.807) is 14.2 Å². The van der Waals surface area contributed by atoms with Crippen molar-refractivity contribution in [3.8, 4) is 17.1 Å². The number of hydrogen-bond acceptors (Lipinski definition) is 7. The van der Waals surface area contributed by atoms with Gasteiger partial charge in [-0.3, -0.25) is 0 Å². The molecule has 0 radical (unpaired) electrons. The van der Waals surface area contributed by atoms with Crippen molar-refractivity contribution < 1.29 is 9.47 Å². The van der Waals surface area contributed by atoms with Crippen molar-refractivity contribution in [2.75, 3.05) is 38.5 Å². The maximum atomic E-state index is 5.57. The van der Waals surface area contributed by atoms with Crippen LogP contribution in [-0.2, 0) is 11.3 Å². The van der Waals surface area contributed by atoms with Crippen LogP contribution in [0, 0.1) is 6.92 Å². The molecule has 28 heavy (non-hydrogen) atoms. The Morgan fingerprint density at radius 1 is 1.14 bits per heavy atom. The molecule has 154 valence electrons. The number of halogens is 1. The average molecular weight is 452 g/mol. The van der Waals surface area contributed by atoms with E-state index in [4.69, 9.17) is 19.4 Å². The molecular formula is C20H30BrN5O2. The summed E-state index contributed by atoms with van der Waals surface area (Å²) in [5.41, 5.74) is 3.35. The summed E-state index contributed by atoms with van der Waals surface area (Å²) >= 11 is 3.56. The van der Waals surface area contributed by atoms with Crippen LogP contribution in [0.3, 0.4) is 0 Å². The van der Waals surface area contributed by atoms with Gasteiger partial charge in [0.2, 0.25) is 5.88 Å². The number of aromatic nitrogens is 3. The van der Waals surface area contributed by atoms with Gasteiger partial charge in [-0.2, -0.15) is 4.98 Å². The lowest BCUT2D eigenvalue weighted by Gasteiger charge is -2.20. The van der Waals surface area contributed by atoms with Crippen molar-refractivity contribution in [3.05, 3.63) is 21.9 Å². The molecule has 1 N–H and O–H groups in total. The molecule has 0 aromatic carbocycles. The van der Waals surface area contributed by atoms with Crippen LogP contribution in [0.5, 0.6) is 5.88 Å². The Labute approximate surface area is 176 Å². The molecule has 0 spiro atoms. The van der Waals surface area contributed by atoms with E-state index in [1.165, 1.54) is 0 Å². The Morgan fingerprint density at radius 2 is 1.82 bits per heavy atom. The summed E-state index contributed by atoms with van der Waals surface area (Å²) in [7, 11) is 7.22. The fourth-order valence-corrected chi connectivity index (χ4v) is 3.40. The molecule has 7 nitrogen and oxygen atoms in total. The van der Waals surface area contributed by atoms with E-state index in [0.717, 1.165) is 35.5 Å². The highest BCUT2D eigenvalue weighted by Gasteiger charge is 2.20. The number of aryl methyl sites for hydroxylation is 1. The summed E-state index contributed by atoms with van der Waals surface area (Å²) in [6.45, 7) is 6.71. The summed E-state index contributed by atoms with van der Waals surface area (Å²) in [5.74, 6) is 2.02. The average Bonchev–Trinajstić information content (AvgIpc) is 2.68. The Bertz CT molecular complexity index is 810. The number of ether oxygens (including phenoxy) is 2. The van der Waals surface area contributed by atoms with E-state index in [9.17, 15) is 0 Å². The lowest BCUT2D eigenvalue weighted by molar-refractivity contribution is 0.185. The topological polar surface area (TPSA) is 72.4 Å². The predicted molar refractivity (Wildman–Crippen MR) is 117 cm³/mol. The molecule has 0 aliphatic heterocycles. The summed E-state index contributed by atoms with van der Waals surface area (Å²) in [5, 5.41) is 3.43. The van der Waals surface area contributed by atoms with Crippen LogP contribution in [0.4, 0.5) is 11.6 Å². The second-order valence-corrected chi connectivity index (χ2v) is 7.56. The second-order valence-electron chi connectivity index (χ2n) is 6.81. The highest BCUT2D eigenvalue weighted by Crippen LogP contribution is 2.35. The van der Waals surface area contributed by atoms with Gasteiger partial charge < -0.3 is 19.7 Å². The van der Waals surface area contributed by atoms with Crippen molar-refractivity contribution in [1.29, 1.82) is 0 Å². The lowest BCUT2D eigenvalue weighted by Crippen LogP contribution is -2.19. The van der Waals surface area contributed by atoms with E-state index in [2.05, 4.69) is 40.1 Å². The molecule has 0 unspecified atom stereocenters. The van der Waals surface area contributed by atoms with Gasteiger partial charge in [-0.1, -0.05) is 13.8 Å². The van der Waals surface area contributed by atoms with Crippen LogP contribution in [-0.4, -0.2) is 49.3 Å². The third-order valence-electron chi connectivity index (χ3n) is 4.59. The third kappa shape index (κ3) is 4.91. The van der Waals surface area contributed by atoms with Gasteiger partial charge in [-0.05, 0) is 41.8 Å². The fraction of sp³-hybridized carbons (Fsp3) is 0.550. The van der Waals surface area contributed by atoms with Crippen LogP contribution in [0.1, 0.15) is 37.9 Å². The zero-order chi connectivity index (χ0) is 20.8. The first-order chi connectivity index (χ1) is 13.4. The quantitative estimate of drug-likeness (QED) is 0.604. The van der Waals surface area contributed by atoms with Crippen LogP contribution in [0.15, 0.2) is 10.7 Å². The van der Waals surface area contributed by atoms with E-state index >= 15 is 0 Å². The molecule has 0 bridgehead atoms. The van der Waals surface area contributed by atoms with Crippen molar-refractivity contribution in [3.63, 3.8) is 0 Å². The minimum Gasteiger partial charge on any atom is -0.479 e. The first kappa shape index (κ1) is 22.4. The van der Waals surface area contributed by atoms with Gasteiger partial charge in [-0.15, -0.1) is 0 Å². The van der Waals surface area contributed by atoms with Crippen LogP contribution < -0.4 is 15.0 Å². The molecular weight excluding hydrogens is 422 g/mol. The molecule has 0 saturated heterocycles. The molecule has 0 aliphatic carbocycles. The lowest BCUT2D eigenvalue weighted by atomic mass is 10.1. The number of hydrogen-bond donors (Lipinski definition) is 1. The second kappa shape index (κ2) is 10.0. The maximum Gasteiger partial charge on any atom is 0.242 e. The molecule has 0 aliphatic rings. The van der Waals surface area contributed by atoms with Gasteiger partial charge in [0.15, 0.2) is 5.82 Å². The van der Waals surface area contributed by atoms with Gasteiger partial charge >= 0.3 is 0 Å².